The first-order valence-corrected chi connectivity index (χ1v) is 9.62. The van der Waals surface area contributed by atoms with Crippen LogP contribution in [0.4, 0.5) is 4.79 Å². The molecule has 2 saturated heterocycles. The van der Waals surface area contributed by atoms with Crippen LogP contribution in [0.5, 0.6) is 0 Å². The fourth-order valence-electron chi connectivity index (χ4n) is 3.96. The molecule has 2 aliphatic heterocycles. The summed E-state index contributed by atoms with van der Waals surface area (Å²) in [7, 11) is 0. The number of likely N-dealkylation sites (tertiary alicyclic amines) is 2. The molecule has 0 aliphatic carbocycles. The number of aryl methyl sites for hydroxylation is 1. The van der Waals surface area contributed by atoms with Gasteiger partial charge in [0.2, 0.25) is 5.91 Å². The Morgan fingerprint density at radius 1 is 1.15 bits per heavy atom. The highest BCUT2D eigenvalue weighted by Crippen LogP contribution is 2.20. The van der Waals surface area contributed by atoms with Gasteiger partial charge in [-0.3, -0.25) is 9.69 Å². The van der Waals surface area contributed by atoms with Crippen LogP contribution in [0.25, 0.3) is 0 Å². The average Bonchev–Trinajstić information content (AvgIpc) is 3.09. The number of primary amides is 1. The van der Waals surface area contributed by atoms with Crippen molar-refractivity contribution >= 4 is 11.9 Å². The number of carbonyl (C=O) groups excluding carboxylic acids is 2. The van der Waals surface area contributed by atoms with Crippen LogP contribution >= 0.6 is 0 Å². The van der Waals surface area contributed by atoms with E-state index in [1.165, 1.54) is 11.1 Å². The minimum atomic E-state index is -0.246. The van der Waals surface area contributed by atoms with E-state index < -0.39 is 0 Å². The molecular weight excluding hydrogens is 328 g/mol. The second kappa shape index (κ2) is 8.54. The van der Waals surface area contributed by atoms with Gasteiger partial charge in [0.05, 0.1) is 0 Å². The number of nitrogens with two attached hydrogens (primary N) is 1. The molecule has 0 bridgehead atoms. The number of hydrogen-bond acceptors (Lipinski definition) is 3. The predicted octanol–water partition coefficient (Wildman–Crippen LogP) is 1.72. The summed E-state index contributed by atoms with van der Waals surface area (Å²) in [6.07, 6.45) is 2.47. The maximum absolute atomic E-state index is 12.3. The van der Waals surface area contributed by atoms with Crippen molar-refractivity contribution in [2.45, 2.75) is 32.7 Å². The number of rotatable bonds is 5. The normalized spacial score (nSPS) is 21.7. The zero-order chi connectivity index (χ0) is 18.5. The lowest BCUT2D eigenvalue weighted by molar-refractivity contribution is -0.123. The molecule has 6 heteroatoms. The molecule has 0 saturated carbocycles. The zero-order valence-electron chi connectivity index (χ0n) is 15.6. The summed E-state index contributed by atoms with van der Waals surface area (Å²) in [5, 5.41) is 3.08. The molecule has 1 aromatic carbocycles. The molecule has 2 aliphatic rings. The van der Waals surface area contributed by atoms with E-state index in [1.54, 1.807) is 4.90 Å². The van der Waals surface area contributed by atoms with Gasteiger partial charge in [-0.1, -0.05) is 24.3 Å². The largest absolute Gasteiger partial charge is 0.369 e. The molecule has 6 nitrogen and oxygen atoms in total. The molecule has 3 amide bonds. The third-order valence-electron chi connectivity index (χ3n) is 5.75. The number of carbonyl (C=O) groups is 2. The third-order valence-corrected chi connectivity index (χ3v) is 5.75. The zero-order valence-corrected chi connectivity index (χ0v) is 15.6. The summed E-state index contributed by atoms with van der Waals surface area (Å²) in [6.45, 7) is 7.20. The number of nitrogens with zero attached hydrogens (tertiary/aromatic N) is 2. The molecule has 26 heavy (non-hydrogen) atoms. The highest BCUT2D eigenvalue weighted by molar-refractivity contribution is 5.78. The van der Waals surface area contributed by atoms with Crippen molar-refractivity contribution in [3.05, 3.63) is 35.4 Å². The molecule has 2 fully saturated rings. The van der Waals surface area contributed by atoms with Gasteiger partial charge in [0, 0.05) is 38.6 Å². The van der Waals surface area contributed by atoms with E-state index in [0.29, 0.717) is 31.8 Å². The highest BCUT2D eigenvalue weighted by Gasteiger charge is 2.27. The van der Waals surface area contributed by atoms with Crippen LogP contribution in [-0.4, -0.2) is 54.5 Å². The predicted molar refractivity (Wildman–Crippen MR) is 101 cm³/mol. The minimum Gasteiger partial charge on any atom is -0.369 e. The van der Waals surface area contributed by atoms with Crippen molar-refractivity contribution in [1.82, 2.24) is 15.1 Å². The Morgan fingerprint density at radius 2 is 1.88 bits per heavy atom. The molecule has 1 atom stereocenters. The number of benzene rings is 1. The molecule has 0 aromatic heterocycles. The summed E-state index contributed by atoms with van der Waals surface area (Å²) in [5.41, 5.74) is 8.07. The SMILES string of the molecule is Cc1ccccc1CN1CCC(CNC(=O)N2CCC(C(N)=O)CC2)C1. The summed E-state index contributed by atoms with van der Waals surface area (Å²) in [6, 6.07) is 8.51. The fourth-order valence-corrected chi connectivity index (χ4v) is 3.96. The van der Waals surface area contributed by atoms with E-state index in [1.807, 2.05) is 0 Å². The Kier molecular flexibility index (Phi) is 6.14. The van der Waals surface area contributed by atoms with Crippen LogP contribution in [0.3, 0.4) is 0 Å². The van der Waals surface area contributed by atoms with Gasteiger partial charge in [-0.2, -0.15) is 0 Å². The molecule has 3 N–H and O–H groups in total. The maximum atomic E-state index is 12.3. The average molecular weight is 358 g/mol. The summed E-state index contributed by atoms with van der Waals surface area (Å²) in [4.78, 5) is 27.8. The van der Waals surface area contributed by atoms with Crippen LogP contribution < -0.4 is 11.1 Å². The molecule has 1 unspecified atom stereocenters. The Hall–Kier alpha value is -2.08. The minimum absolute atomic E-state index is 0.00901. The number of hydrogen-bond donors (Lipinski definition) is 2. The smallest absolute Gasteiger partial charge is 0.317 e. The summed E-state index contributed by atoms with van der Waals surface area (Å²) < 4.78 is 0. The van der Waals surface area contributed by atoms with Crippen LogP contribution in [0.2, 0.25) is 0 Å². The van der Waals surface area contributed by atoms with Gasteiger partial charge >= 0.3 is 6.03 Å². The van der Waals surface area contributed by atoms with Crippen molar-refractivity contribution in [2.24, 2.45) is 17.6 Å². The van der Waals surface area contributed by atoms with Crippen molar-refractivity contribution in [3.8, 4) is 0 Å². The van der Waals surface area contributed by atoms with E-state index in [2.05, 4.69) is 41.4 Å². The molecule has 3 rings (SSSR count). The second-order valence-electron chi connectivity index (χ2n) is 7.67. The lowest BCUT2D eigenvalue weighted by Gasteiger charge is -2.31. The van der Waals surface area contributed by atoms with Gasteiger partial charge in [0.15, 0.2) is 0 Å². The summed E-state index contributed by atoms with van der Waals surface area (Å²) >= 11 is 0. The van der Waals surface area contributed by atoms with Crippen LogP contribution in [0.1, 0.15) is 30.4 Å². The Balaban J connectivity index is 1.39. The fraction of sp³-hybridized carbons (Fsp3) is 0.600. The van der Waals surface area contributed by atoms with Gasteiger partial charge in [-0.05, 0) is 49.8 Å². The van der Waals surface area contributed by atoms with E-state index in [0.717, 1.165) is 32.6 Å². The lowest BCUT2D eigenvalue weighted by Crippen LogP contribution is -2.47. The first-order valence-electron chi connectivity index (χ1n) is 9.62. The van der Waals surface area contributed by atoms with Crippen LogP contribution in [0, 0.1) is 18.8 Å². The third kappa shape index (κ3) is 4.75. The van der Waals surface area contributed by atoms with Crippen molar-refractivity contribution in [3.63, 3.8) is 0 Å². The van der Waals surface area contributed by atoms with E-state index in [-0.39, 0.29) is 17.9 Å². The number of amides is 3. The molecular formula is C20H30N4O2. The Morgan fingerprint density at radius 3 is 2.58 bits per heavy atom. The highest BCUT2D eigenvalue weighted by atomic mass is 16.2. The monoisotopic (exact) mass is 358 g/mol. The Bertz CT molecular complexity index is 640. The topological polar surface area (TPSA) is 78.7 Å². The molecule has 0 radical (unpaired) electrons. The first-order chi connectivity index (χ1) is 12.5. The van der Waals surface area contributed by atoms with E-state index >= 15 is 0 Å². The molecule has 142 valence electrons. The van der Waals surface area contributed by atoms with Crippen molar-refractivity contribution in [2.75, 3.05) is 32.7 Å². The quantitative estimate of drug-likeness (QED) is 0.841. The first kappa shape index (κ1) is 18.7. The molecule has 1 aromatic rings. The molecule has 0 spiro atoms. The Labute approximate surface area is 155 Å². The van der Waals surface area contributed by atoms with Gasteiger partial charge < -0.3 is 16.0 Å². The molecule has 2 heterocycles. The van der Waals surface area contributed by atoms with Crippen LogP contribution in [0.15, 0.2) is 24.3 Å². The van der Waals surface area contributed by atoms with Gasteiger partial charge in [-0.15, -0.1) is 0 Å². The van der Waals surface area contributed by atoms with Crippen LogP contribution in [-0.2, 0) is 11.3 Å². The number of urea groups is 1. The summed E-state index contributed by atoms with van der Waals surface area (Å²) in [5.74, 6) is 0.180. The number of piperidine rings is 1. The lowest BCUT2D eigenvalue weighted by atomic mass is 9.96. The maximum Gasteiger partial charge on any atom is 0.317 e. The van der Waals surface area contributed by atoms with Gasteiger partial charge in [0.25, 0.3) is 0 Å². The van der Waals surface area contributed by atoms with Crippen molar-refractivity contribution < 1.29 is 9.59 Å². The van der Waals surface area contributed by atoms with Crippen molar-refractivity contribution in [1.29, 1.82) is 0 Å². The van der Waals surface area contributed by atoms with Gasteiger partial charge in [-0.25, -0.2) is 4.79 Å². The van der Waals surface area contributed by atoms with Gasteiger partial charge in [0.1, 0.15) is 0 Å². The number of nitrogens with one attached hydrogen (secondary N) is 1. The van der Waals surface area contributed by atoms with E-state index in [9.17, 15) is 9.59 Å². The standard InChI is InChI=1S/C20H30N4O2/c1-15-4-2-3-5-18(15)14-23-9-6-16(13-23)12-22-20(26)24-10-7-17(8-11-24)19(21)25/h2-5,16-17H,6-14H2,1H3,(H2,21,25)(H,22,26). The second-order valence-corrected chi connectivity index (χ2v) is 7.67. The van der Waals surface area contributed by atoms with E-state index in [4.69, 9.17) is 5.73 Å².